The third-order valence-corrected chi connectivity index (χ3v) is 14.2. The van der Waals surface area contributed by atoms with Gasteiger partial charge >= 0.3 is 25.7 Å². The lowest BCUT2D eigenvalue weighted by molar-refractivity contribution is -0.161. The average molecular weight is 1120 g/mol. The number of hydrogen-bond donors (Lipinski definition) is 2. The molecule has 2 N–H and O–H groups in total. The lowest BCUT2D eigenvalue weighted by atomic mass is 10.1. The van der Waals surface area contributed by atoms with E-state index in [0.29, 0.717) is 19.3 Å². The molecule has 3 atom stereocenters. The van der Waals surface area contributed by atoms with Crippen molar-refractivity contribution in [3.8, 4) is 0 Å². The van der Waals surface area contributed by atoms with Gasteiger partial charge in [-0.15, -0.1) is 0 Å². The molecule has 78 heavy (non-hydrogen) atoms. The molecule has 0 radical (unpaired) electrons. The van der Waals surface area contributed by atoms with Crippen LogP contribution in [0.2, 0.25) is 0 Å². The van der Waals surface area contributed by atoms with E-state index in [1.807, 2.05) is 0 Å². The third-order valence-electron chi connectivity index (χ3n) is 13.3. The Kier molecular flexibility index (Phi) is 57.2. The number of aliphatic hydroxyl groups excluding tert-OH is 1. The Balaban J connectivity index is 4.76. The van der Waals surface area contributed by atoms with E-state index in [2.05, 4.69) is 106 Å². The van der Waals surface area contributed by atoms with Crippen molar-refractivity contribution < 1.29 is 52.2 Å². The summed E-state index contributed by atoms with van der Waals surface area (Å²) in [5.41, 5.74) is 0. The highest BCUT2D eigenvalue weighted by atomic mass is 31.2. The van der Waals surface area contributed by atoms with Gasteiger partial charge < -0.3 is 24.2 Å². The molecule has 0 amide bonds. The molecule has 0 heterocycles. The Morgan fingerprint density at radius 3 is 0.962 bits per heavy atom. The molecule has 0 spiro atoms. The molecule has 0 aromatic carbocycles. The molecule has 0 rings (SSSR count). The number of aliphatic hydroxyl groups is 1. The molecule has 0 saturated heterocycles. The van der Waals surface area contributed by atoms with Crippen molar-refractivity contribution >= 4 is 25.7 Å². The molecule has 0 aromatic heterocycles. The first-order valence-electron chi connectivity index (χ1n) is 31.5. The lowest BCUT2D eigenvalue weighted by Crippen LogP contribution is -2.30. The number of allylic oxidation sites excluding steroid dienone is 14. The molecule has 0 aliphatic rings. The number of unbranched alkanes of at least 4 members (excludes halogenated alkanes) is 27. The molecular weight excluding hydrogens is 1000 g/mol. The maximum Gasteiger partial charge on any atom is 0.472 e. The number of esters is 3. The minimum Gasteiger partial charge on any atom is -0.462 e. The van der Waals surface area contributed by atoms with Gasteiger partial charge in [-0.3, -0.25) is 23.4 Å². The highest BCUT2D eigenvalue weighted by molar-refractivity contribution is 7.47. The fourth-order valence-electron chi connectivity index (χ4n) is 8.42. The van der Waals surface area contributed by atoms with Gasteiger partial charge in [0.1, 0.15) is 12.7 Å². The number of ether oxygens (including phenoxy) is 3. The van der Waals surface area contributed by atoms with Gasteiger partial charge in [-0.2, -0.15) is 0 Å². The van der Waals surface area contributed by atoms with Gasteiger partial charge in [0, 0.05) is 19.3 Å². The Hall–Kier alpha value is -3.34. The van der Waals surface area contributed by atoms with Crippen LogP contribution < -0.4 is 0 Å². The third kappa shape index (κ3) is 57.3. The molecule has 450 valence electrons. The van der Waals surface area contributed by atoms with Crippen LogP contribution in [0.15, 0.2) is 85.1 Å². The van der Waals surface area contributed by atoms with E-state index in [9.17, 15) is 28.9 Å². The monoisotopic (exact) mass is 1110 g/mol. The summed E-state index contributed by atoms with van der Waals surface area (Å²) in [6.45, 7) is 4.55. The van der Waals surface area contributed by atoms with Gasteiger partial charge in [0.2, 0.25) is 0 Å². The number of carbonyl (C=O) groups is 3. The topological polar surface area (TPSA) is 155 Å². The second kappa shape index (κ2) is 59.8. The zero-order chi connectivity index (χ0) is 56.9. The summed E-state index contributed by atoms with van der Waals surface area (Å²) in [7, 11) is -4.76. The van der Waals surface area contributed by atoms with Crippen LogP contribution >= 0.6 is 7.82 Å². The summed E-state index contributed by atoms with van der Waals surface area (Å²) in [6, 6.07) is 0. The van der Waals surface area contributed by atoms with E-state index in [0.717, 1.165) is 135 Å². The number of phosphoric ester groups is 1. The van der Waals surface area contributed by atoms with E-state index in [4.69, 9.17) is 23.3 Å². The number of phosphoric acid groups is 1. The SMILES string of the molecule is CCCCC/C=C\C/C=C\C/C=C\CCCCCCCCC(=O)OC(COC(=O)CCCCCCCCC/C=C\C/C=C\CCCCC)COP(=O)(O)OCC(CO)OC(=O)CCCCCCC/C=C\C/C=C\CCCCC. The van der Waals surface area contributed by atoms with E-state index < -0.39 is 57.8 Å². The summed E-state index contributed by atoms with van der Waals surface area (Å²) in [6.07, 6.45) is 69.5. The zero-order valence-corrected chi connectivity index (χ0v) is 50.8. The van der Waals surface area contributed by atoms with Crippen LogP contribution in [0, 0.1) is 0 Å². The second-order valence-electron chi connectivity index (χ2n) is 20.9. The van der Waals surface area contributed by atoms with Gasteiger partial charge in [-0.25, -0.2) is 4.57 Å². The van der Waals surface area contributed by atoms with E-state index in [1.54, 1.807) is 0 Å². The highest BCUT2D eigenvalue weighted by Crippen LogP contribution is 2.43. The number of carbonyl (C=O) groups excluding carboxylic acids is 3. The summed E-state index contributed by atoms with van der Waals surface area (Å²) >= 11 is 0. The first-order valence-corrected chi connectivity index (χ1v) is 33.0. The molecule has 0 bridgehead atoms. The van der Waals surface area contributed by atoms with Crippen LogP contribution in [0.4, 0.5) is 0 Å². The van der Waals surface area contributed by atoms with Crippen LogP contribution in [0.1, 0.15) is 278 Å². The van der Waals surface area contributed by atoms with Gasteiger partial charge in [0.25, 0.3) is 0 Å². The molecule has 12 heteroatoms. The van der Waals surface area contributed by atoms with Gasteiger partial charge in [-0.1, -0.05) is 221 Å². The molecule has 3 unspecified atom stereocenters. The first kappa shape index (κ1) is 74.7. The molecule has 0 aliphatic carbocycles. The van der Waals surface area contributed by atoms with Crippen molar-refractivity contribution in [2.45, 2.75) is 290 Å². The minimum atomic E-state index is -4.76. The molecular formula is C66H115O11P. The summed E-state index contributed by atoms with van der Waals surface area (Å²) in [4.78, 5) is 48.7. The minimum absolute atomic E-state index is 0.148. The fourth-order valence-corrected chi connectivity index (χ4v) is 9.21. The maximum absolute atomic E-state index is 12.9. The number of hydrogen-bond acceptors (Lipinski definition) is 10. The van der Waals surface area contributed by atoms with Crippen LogP contribution in [-0.2, 0) is 42.2 Å². The average Bonchev–Trinajstić information content (AvgIpc) is 3.43. The smallest absolute Gasteiger partial charge is 0.462 e. The van der Waals surface area contributed by atoms with Crippen molar-refractivity contribution in [1.82, 2.24) is 0 Å². The lowest BCUT2D eigenvalue weighted by Gasteiger charge is -2.21. The molecule has 0 aliphatic heterocycles. The Morgan fingerprint density at radius 1 is 0.359 bits per heavy atom. The first-order chi connectivity index (χ1) is 38.2. The van der Waals surface area contributed by atoms with E-state index >= 15 is 0 Å². The Bertz CT molecular complexity index is 1630. The van der Waals surface area contributed by atoms with Crippen molar-refractivity contribution in [2.75, 3.05) is 26.4 Å². The summed E-state index contributed by atoms with van der Waals surface area (Å²) in [5, 5.41) is 9.84. The Labute approximate surface area is 477 Å². The van der Waals surface area contributed by atoms with Gasteiger partial charge in [0.15, 0.2) is 6.10 Å². The normalized spacial score (nSPS) is 13.9. The predicted molar refractivity (Wildman–Crippen MR) is 325 cm³/mol. The van der Waals surface area contributed by atoms with Crippen LogP contribution in [0.3, 0.4) is 0 Å². The predicted octanol–water partition coefficient (Wildman–Crippen LogP) is 19.0. The van der Waals surface area contributed by atoms with Crippen molar-refractivity contribution in [3.63, 3.8) is 0 Å². The van der Waals surface area contributed by atoms with Crippen molar-refractivity contribution in [3.05, 3.63) is 85.1 Å². The van der Waals surface area contributed by atoms with E-state index in [1.165, 1.54) is 83.5 Å². The summed E-state index contributed by atoms with van der Waals surface area (Å²) < 4.78 is 39.6. The second-order valence-corrected chi connectivity index (χ2v) is 22.3. The van der Waals surface area contributed by atoms with Gasteiger partial charge in [0.05, 0.1) is 19.8 Å². The van der Waals surface area contributed by atoms with E-state index in [-0.39, 0.29) is 25.9 Å². The standard InChI is InChI=1S/C66H115O11P/c1-4-7-10-13-16-19-22-25-28-30-31-33-36-39-42-45-48-51-54-57-66(70)77-63(59-73-64(68)55-52-49-46-43-40-37-35-32-29-26-23-20-17-14-11-8-5-2)61-75-78(71,72)74-60-62(58-67)76-65(69)56-53-50-47-44-41-38-34-27-24-21-18-15-12-9-6-3/h16-21,25-29,31,33-34,62-63,67H,4-15,22-24,30,32,35-61H2,1-3H3,(H,71,72)/b19-16-,20-17-,21-18-,28-25-,29-26-,33-31-,34-27-. The number of rotatable bonds is 58. The Morgan fingerprint density at radius 2 is 0.628 bits per heavy atom. The molecule has 11 nitrogen and oxygen atoms in total. The fraction of sp³-hybridized carbons (Fsp3) is 0.742. The molecule has 0 aromatic rings. The van der Waals surface area contributed by atoms with Crippen molar-refractivity contribution in [1.29, 1.82) is 0 Å². The van der Waals surface area contributed by atoms with Gasteiger partial charge in [-0.05, 0) is 122 Å². The quantitative estimate of drug-likeness (QED) is 0.0197. The maximum atomic E-state index is 12.9. The van der Waals surface area contributed by atoms with Crippen LogP contribution in [0.25, 0.3) is 0 Å². The summed E-state index contributed by atoms with van der Waals surface area (Å²) in [5.74, 6) is -1.50. The largest absolute Gasteiger partial charge is 0.472 e. The molecule has 0 fully saturated rings. The highest BCUT2D eigenvalue weighted by Gasteiger charge is 2.28. The van der Waals surface area contributed by atoms with Crippen LogP contribution in [0.5, 0.6) is 0 Å². The molecule has 0 saturated carbocycles. The van der Waals surface area contributed by atoms with Crippen LogP contribution in [-0.4, -0.2) is 66.5 Å². The zero-order valence-electron chi connectivity index (χ0n) is 49.9. The van der Waals surface area contributed by atoms with Crippen molar-refractivity contribution in [2.24, 2.45) is 0 Å².